The fourth-order valence-electron chi connectivity index (χ4n) is 3.43. The molecular formula is C15H29N3O. The van der Waals surface area contributed by atoms with Crippen molar-refractivity contribution in [1.82, 2.24) is 15.1 Å². The lowest BCUT2D eigenvalue weighted by molar-refractivity contribution is -0.132. The summed E-state index contributed by atoms with van der Waals surface area (Å²) in [5.41, 5.74) is 0. The molecule has 2 aliphatic heterocycles. The SMILES string of the molecule is CCC(C)C1NC(C)N(C(C)CN2CCCC2)C1=O. The third kappa shape index (κ3) is 3.11. The molecular weight excluding hydrogens is 238 g/mol. The Morgan fingerprint density at radius 1 is 1.32 bits per heavy atom. The molecule has 4 heteroatoms. The molecule has 0 aromatic carbocycles. The normalized spacial score (nSPS) is 32.0. The van der Waals surface area contributed by atoms with Crippen molar-refractivity contribution in [2.75, 3.05) is 19.6 Å². The van der Waals surface area contributed by atoms with Gasteiger partial charge in [0.25, 0.3) is 0 Å². The second kappa shape index (κ2) is 6.23. The number of nitrogens with one attached hydrogen (secondary N) is 1. The molecule has 0 saturated carbocycles. The van der Waals surface area contributed by atoms with Gasteiger partial charge in [-0.2, -0.15) is 0 Å². The highest BCUT2D eigenvalue weighted by molar-refractivity contribution is 5.84. The van der Waals surface area contributed by atoms with E-state index in [4.69, 9.17) is 0 Å². The summed E-state index contributed by atoms with van der Waals surface area (Å²) in [5, 5.41) is 3.47. The van der Waals surface area contributed by atoms with Gasteiger partial charge in [0.2, 0.25) is 5.91 Å². The molecule has 4 unspecified atom stereocenters. The van der Waals surface area contributed by atoms with Gasteiger partial charge in [0.15, 0.2) is 0 Å². The van der Waals surface area contributed by atoms with E-state index >= 15 is 0 Å². The van der Waals surface area contributed by atoms with Gasteiger partial charge in [0.1, 0.15) is 0 Å². The number of hydrogen-bond acceptors (Lipinski definition) is 3. The molecule has 110 valence electrons. The smallest absolute Gasteiger partial charge is 0.241 e. The van der Waals surface area contributed by atoms with Crippen molar-refractivity contribution in [3.63, 3.8) is 0 Å². The monoisotopic (exact) mass is 267 g/mol. The van der Waals surface area contributed by atoms with E-state index in [2.05, 4.69) is 42.8 Å². The molecule has 2 rings (SSSR count). The van der Waals surface area contributed by atoms with Crippen molar-refractivity contribution in [3.8, 4) is 0 Å². The summed E-state index contributed by atoms with van der Waals surface area (Å²) in [6.45, 7) is 12.0. The van der Waals surface area contributed by atoms with Crippen LogP contribution in [0.15, 0.2) is 0 Å². The fourth-order valence-corrected chi connectivity index (χ4v) is 3.43. The van der Waals surface area contributed by atoms with E-state index in [0.29, 0.717) is 17.9 Å². The standard InChI is InChI=1S/C15H29N3O/c1-5-11(2)14-15(19)18(13(4)16-14)12(3)10-17-8-6-7-9-17/h11-14,16H,5-10H2,1-4H3. The van der Waals surface area contributed by atoms with Crippen molar-refractivity contribution in [1.29, 1.82) is 0 Å². The van der Waals surface area contributed by atoms with Crippen LogP contribution in [-0.4, -0.2) is 53.6 Å². The lowest BCUT2D eigenvalue weighted by Gasteiger charge is -2.31. The Kier molecular flexibility index (Phi) is 4.85. The molecule has 2 fully saturated rings. The van der Waals surface area contributed by atoms with Crippen LogP contribution in [0, 0.1) is 5.92 Å². The molecule has 1 amide bonds. The van der Waals surface area contributed by atoms with Gasteiger partial charge >= 0.3 is 0 Å². The van der Waals surface area contributed by atoms with Crippen LogP contribution < -0.4 is 5.32 Å². The Morgan fingerprint density at radius 2 is 1.95 bits per heavy atom. The molecule has 19 heavy (non-hydrogen) atoms. The first-order valence-electron chi connectivity index (χ1n) is 7.85. The van der Waals surface area contributed by atoms with Gasteiger partial charge in [-0.05, 0) is 45.7 Å². The minimum Gasteiger partial charge on any atom is -0.322 e. The van der Waals surface area contributed by atoms with Crippen LogP contribution >= 0.6 is 0 Å². The van der Waals surface area contributed by atoms with Gasteiger partial charge < -0.3 is 9.80 Å². The van der Waals surface area contributed by atoms with Gasteiger partial charge in [-0.3, -0.25) is 10.1 Å². The summed E-state index contributed by atoms with van der Waals surface area (Å²) in [7, 11) is 0. The highest BCUT2D eigenvalue weighted by Crippen LogP contribution is 2.22. The number of hydrogen-bond donors (Lipinski definition) is 1. The van der Waals surface area contributed by atoms with Crippen molar-refractivity contribution >= 4 is 5.91 Å². The van der Waals surface area contributed by atoms with Crippen molar-refractivity contribution in [3.05, 3.63) is 0 Å². The number of carbonyl (C=O) groups is 1. The summed E-state index contributed by atoms with van der Waals surface area (Å²) >= 11 is 0. The maximum atomic E-state index is 12.6. The molecule has 4 atom stereocenters. The molecule has 0 spiro atoms. The predicted molar refractivity (Wildman–Crippen MR) is 77.8 cm³/mol. The lowest BCUT2D eigenvalue weighted by Crippen LogP contribution is -2.47. The topological polar surface area (TPSA) is 35.6 Å². The Hall–Kier alpha value is -0.610. The maximum absolute atomic E-state index is 12.6. The van der Waals surface area contributed by atoms with Crippen molar-refractivity contribution < 1.29 is 4.79 Å². The van der Waals surface area contributed by atoms with Gasteiger partial charge in [-0.15, -0.1) is 0 Å². The first-order chi connectivity index (χ1) is 9.04. The van der Waals surface area contributed by atoms with Crippen molar-refractivity contribution in [2.24, 2.45) is 5.92 Å². The second-order valence-corrected chi connectivity index (χ2v) is 6.31. The van der Waals surface area contributed by atoms with E-state index in [1.54, 1.807) is 0 Å². The zero-order valence-corrected chi connectivity index (χ0v) is 12.9. The van der Waals surface area contributed by atoms with Gasteiger partial charge in [0, 0.05) is 12.6 Å². The summed E-state index contributed by atoms with van der Waals surface area (Å²) < 4.78 is 0. The lowest BCUT2D eigenvalue weighted by atomic mass is 9.99. The molecule has 2 heterocycles. The van der Waals surface area contributed by atoms with Crippen LogP contribution in [0.2, 0.25) is 0 Å². The molecule has 0 aromatic heterocycles. The molecule has 0 aliphatic carbocycles. The number of carbonyl (C=O) groups excluding carboxylic acids is 1. The van der Waals surface area contributed by atoms with E-state index in [9.17, 15) is 4.79 Å². The molecule has 1 N–H and O–H groups in total. The minimum atomic E-state index is 0.0148. The largest absolute Gasteiger partial charge is 0.322 e. The van der Waals surface area contributed by atoms with E-state index < -0.39 is 0 Å². The van der Waals surface area contributed by atoms with E-state index in [1.807, 2.05) is 0 Å². The highest BCUT2D eigenvalue weighted by Gasteiger charge is 2.41. The average Bonchev–Trinajstić information content (AvgIpc) is 2.96. The third-order valence-electron chi connectivity index (χ3n) is 4.77. The van der Waals surface area contributed by atoms with Gasteiger partial charge in [-0.1, -0.05) is 20.3 Å². The van der Waals surface area contributed by atoms with E-state index in [0.717, 1.165) is 13.0 Å². The van der Waals surface area contributed by atoms with Crippen LogP contribution in [0.3, 0.4) is 0 Å². The summed E-state index contributed by atoms with van der Waals surface area (Å²) in [6, 6.07) is 0.322. The van der Waals surface area contributed by atoms with Gasteiger partial charge in [0.05, 0.1) is 12.2 Å². The van der Waals surface area contributed by atoms with Crippen LogP contribution in [0.25, 0.3) is 0 Å². The maximum Gasteiger partial charge on any atom is 0.241 e. The molecule has 2 aliphatic rings. The number of likely N-dealkylation sites (tertiary alicyclic amines) is 1. The molecule has 0 aromatic rings. The van der Waals surface area contributed by atoms with Crippen LogP contribution in [0.4, 0.5) is 0 Å². The average molecular weight is 267 g/mol. The van der Waals surface area contributed by atoms with Crippen LogP contribution in [0.1, 0.15) is 47.0 Å². The summed E-state index contributed by atoms with van der Waals surface area (Å²) in [5.74, 6) is 0.715. The molecule has 2 saturated heterocycles. The second-order valence-electron chi connectivity index (χ2n) is 6.31. The van der Waals surface area contributed by atoms with E-state index in [1.165, 1.54) is 25.9 Å². The zero-order chi connectivity index (χ0) is 14.0. The highest BCUT2D eigenvalue weighted by atomic mass is 16.2. The number of rotatable bonds is 5. The van der Waals surface area contributed by atoms with Gasteiger partial charge in [-0.25, -0.2) is 0 Å². The molecule has 4 nitrogen and oxygen atoms in total. The fraction of sp³-hybridized carbons (Fsp3) is 0.933. The summed E-state index contributed by atoms with van der Waals surface area (Å²) in [6.07, 6.45) is 3.84. The van der Waals surface area contributed by atoms with E-state index in [-0.39, 0.29) is 12.2 Å². The minimum absolute atomic E-state index is 0.0148. The van der Waals surface area contributed by atoms with Crippen LogP contribution in [-0.2, 0) is 4.79 Å². The third-order valence-corrected chi connectivity index (χ3v) is 4.77. The molecule has 0 bridgehead atoms. The predicted octanol–water partition coefficient (Wildman–Crippen LogP) is 1.66. The number of amides is 1. The zero-order valence-electron chi connectivity index (χ0n) is 12.9. The quantitative estimate of drug-likeness (QED) is 0.823. The number of nitrogens with zero attached hydrogens (tertiary/aromatic N) is 2. The Balaban J connectivity index is 1.96. The Labute approximate surface area is 117 Å². The molecule has 0 radical (unpaired) electrons. The first-order valence-corrected chi connectivity index (χ1v) is 7.85. The Morgan fingerprint density at radius 3 is 2.53 bits per heavy atom. The first kappa shape index (κ1) is 14.8. The Bertz CT molecular complexity index is 315. The summed E-state index contributed by atoms with van der Waals surface area (Å²) in [4.78, 5) is 17.1. The van der Waals surface area contributed by atoms with Crippen molar-refractivity contribution in [2.45, 2.75) is 65.2 Å². The van der Waals surface area contributed by atoms with Crippen LogP contribution in [0.5, 0.6) is 0 Å².